The Balaban J connectivity index is 2.21. The Morgan fingerprint density at radius 2 is 1.94 bits per heavy atom. The molecule has 0 radical (unpaired) electrons. The van der Waals surface area contributed by atoms with Crippen LogP contribution in [0.4, 0.5) is 18.9 Å². The lowest BCUT2D eigenvalue weighted by atomic mass is 9.80. The minimum Gasteiger partial charge on any atom is -0.399 e. The van der Waals surface area contributed by atoms with E-state index in [0.29, 0.717) is 23.6 Å². The number of benzene rings is 1. The SMILES string of the molecule is Nc1ccc(C(F)(F)F)cc1CC1CCC1. The van der Waals surface area contributed by atoms with Gasteiger partial charge in [-0.2, -0.15) is 13.2 Å². The van der Waals surface area contributed by atoms with Crippen molar-refractivity contribution in [2.75, 3.05) is 5.73 Å². The van der Waals surface area contributed by atoms with E-state index in [2.05, 4.69) is 0 Å². The van der Waals surface area contributed by atoms with Gasteiger partial charge in [0.25, 0.3) is 0 Å². The van der Waals surface area contributed by atoms with E-state index in [0.717, 1.165) is 18.9 Å². The second-order valence-electron chi connectivity index (χ2n) is 4.41. The van der Waals surface area contributed by atoms with E-state index in [4.69, 9.17) is 5.73 Å². The van der Waals surface area contributed by atoms with Gasteiger partial charge in [0.1, 0.15) is 0 Å². The number of hydrogen-bond donors (Lipinski definition) is 1. The van der Waals surface area contributed by atoms with Crippen molar-refractivity contribution in [3.8, 4) is 0 Å². The first-order chi connectivity index (χ1) is 7.47. The van der Waals surface area contributed by atoms with Crippen molar-refractivity contribution in [2.45, 2.75) is 31.9 Å². The molecule has 1 fully saturated rings. The van der Waals surface area contributed by atoms with Crippen LogP contribution in [0.5, 0.6) is 0 Å². The fourth-order valence-corrected chi connectivity index (χ4v) is 1.97. The molecule has 1 aromatic carbocycles. The molecular weight excluding hydrogens is 215 g/mol. The molecular formula is C12H14F3N. The fraction of sp³-hybridized carbons (Fsp3) is 0.500. The van der Waals surface area contributed by atoms with Crippen molar-refractivity contribution in [2.24, 2.45) is 5.92 Å². The summed E-state index contributed by atoms with van der Waals surface area (Å²) in [5.41, 5.74) is 6.20. The Morgan fingerprint density at radius 3 is 2.44 bits per heavy atom. The van der Waals surface area contributed by atoms with Crippen molar-refractivity contribution < 1.29 is 13.2 Å². The lowest BCUT2D eigenvalue weighted by Crippen LogP contribution is -2.15. The van der Waals surface area contributed by atoms with Gasteiger partial charge in [-0.05, 0) is 36.1 Å². The van der Waals surface area contributed by atoms with Crippen LogP contribution in [-0.2, 0) is 12.6 Å². The van der Waals surface area contributed by atoms with Crippen LogP contribution in [0.1, 0.15) is 30.4 Å². The molecule has 0 saturated heterocycles. The summed E-state index contributed by atoms with van der Waals surface area (Å²) in [6, 6.07) is 3.59. The predicted molar refractivity (Wildman–Crippen MR) is 56.9 cm³/mol. The highest BCUT2D eigenvalue weighted by Crippen LogP contribution is 2.35. The summed E-state index contributed by atoms with van der Waals surface area (Å²) in [4.78, 5) is 0. The number of nitrogens with two attached hydrogens (primary N) is 1. The smallest absolute Gasteiger partial charge is 0.399 e. The van der Waals surface area contributed by atoms with E-state index >= 15 is 0 Å². The van der Waals surface area contributed by atoms with Gasteiger partial charge in [-0.25, -0.2) is 0 Å². The number of halogens is 3. The van der Waals surface area contributed by atoms with E-state index in [-0.39, 0.29) is 0 Å². The van der Waals surface area contributed by atoms with E-state index < -0.39 is 11.7 Å². The third-order valence-corrected chi connectivity index (χ3v) is 3.20. The Kier molecular flexibility index (Phi) is 2.82. The Morgan fingerprint density at radius 1 is 1.25 bits per heavy atom. The third kappa shape index (κ3) is 2.31. The van der Waals surface area contributed by atoms with E-state index in [9.17, 15) is 13.2 Å². The molecule has 0 unspecified atom stereocenters. The lowest BCUT2D eigenvalue weighted by Gasteiger charge is -2.26. The molecule has 88 valence electrons. The number of anilines is 1. The molecule has 0 heterocycles. The molecule has 2 rings (SSSR count). The maximum Gasteiger partial charge on any atom is 0.416 e. The topological polar surface area (TPSA) is 26.0 Å². The third-order valence-electron chi connectivity index (χ3n) is 3.20. The van der Waals surface area contributed by atoms with E-state index in [1.54, 1.807) is 0 Å². The van der Waals surface area contributed by atoms with Crippen LogP contribution in [0, 0.1) is 5.92 Å². The number of alkyl halides is 3. The molecule has 0 aromatic heterocycles. The summed E-state index contributed by atoms with van der Waals surface area (Å²) >= 11 is 0. The van der Waals surface area contributed by atoms with Gasteiger partial charge in [-0.15, -0.1) is 0 Å². The van der Waals surface area contributed by atoms with Gasteiger partial charge < -0.3 is 5.73 Å². The fourth-order valence-electron chi connectivity index (χ4n) is 1.97. The Bertz CT molecular complexity index is 380. The zero-order valence-corrected chi connectivity index (χ0v) is 8.85. The van der Waals surface area contributed by atoms with Crippen LogP contribution in [0.15, 0.2) is 18.2 Å². The average Bonchev–Trinajstić information content (AvgIpc) is 2.11. The van der Waals surface area contributed by atoms with Crippen molar-refractivity contribution in [1.29, 1.82) is 0 Å². The molecule has 0 atom stereocenters. The van der Waals surface area contributed by atoms with Gasteiger partial charge in [-0.1, -0.05) is 19.3 Å². The van der Waals surface area contributed by atoms with Gasteiger partial charge in [0, 0.05) is 5.69 Å². The molecule has 1 aliphatic rings. The molecule has 1 aromatic rings. The zero-order valence-electron chi connectivity index (χ0n) is 8.85. The molecule has 1 aliphatic carbocycles. The van der Waals surface area contributed by atoms with Gasteiger partial charge in [0.15, 0.2) is 0 Å². The number of hydrogen-bond acceptors (Lipinski definition) is 1. The number of nitrogen functional groups attached to an aromatic ring is 1. The first-order valence-electron chi connectivity index (χ1n) is 5.42. The predicted octanol–water partition coefficient (Wildman–Crippen LogP) is 3.63. The number of rotatable bonds is 2. The first-order valence-corrected chi connectivity index (χ1v) is 5.42. The molecule has 1 nitrogen and oxygen atoms in total. The van der Waals surface area contributed by atoms with Crippen LogP contribution in [0.3, 0.4) is 0 Å². The maximum absolute atomic E-state index is 12.5. The van der Waals surface area contributed by atoms with Crippen molar-refractivity contribution in [1.82, 2.24) is 0 Å². The standard InChI is InChI=1S/C12H14F3N/c13-12(14,15)10-4-5-11(16)9(7-10)6-8-2-1-3-8/h4-5,7-8H,1-3,6,16H2. The molecule has 2 N–H and O–H groups in total. The van der Waals surface area contributed by atoms with Gasteiger partial charge >= 0.3 is 6.18 Å². The monoisotopic (exact) mass is 229 g/mol. The highest BCUT2D eigenvalue weighted by atomic mass is 19.4. The molecule has 0 amide bonds. The Hall–Kier alpha value is -1.19. The van der Waals surface area contributed by atoms with Crippen molar-refractivity contribution in [3.05, 3.63) is 29.3 Å². The largest absolute Gasteiger partial charge is 0.416 e. The molecule has 1 saturated carbocycles. The van der Waals surface area contributed by atoms with Gasteiger partial charge in [0.05, 0.1) is 5.56 Å². The summed E-state index contributed by atoms with van der Waals surface area (Å²) in [6.45, 7) is 0. The zero-order chi connectivity index (χ0) is 11.8. The van der Waals surface area contributed by atoms with Crippen LogP contribution in [-0.4, -0.2) is 0 Å². The van der Waals surface area contributed by atoms with Crippen molar-refractivity contribution >= 4 is 5.69 Å². The summed E-state index contributed by atoms with van der Waals surface area (Å²) < 4.78 is 37.5. The summed E-state index contributed by atoms with van der Waals surface area (Å²) in [7, 11) is 0. The summed E-state index contributed by atoms with van der Waals surface area (Å²) in [5, 5.41) is 0. The second-order valence-corrected chi connectivity index (χ2v) is 4.41. The maximum atomic E-state index is 12.5. The molecule has 0 spiro atoms. The van der Waals surface area contributed by atoms with Crippen LogP contribution >= 0.6 is 0 Å². The quantitative estimate of drug-likeness (QED) is 0.770. The molecule has 0 bridgehead atoms. The van der Waals surface area contributed by atoms with Crippen LogP contribution in [0.25, 0.3) is 0 Å². The normalized spacial score (nSPS) is 17.2. The lowest BCUT2D eigenvalue weighted by molar-refractivity contribution is -0.137. The second kappa shape index (κ2) is 4.00. The molecule has 0 aliphatic heterocycles. The molecule has 16 heavy (non-hydrogen) atoms. The summed E-state index contributed by atoms with van der Waals surface area (Å²) in [5.74, 6) is 0.519. The van der Waals surface area contributed by atoms with E-state index in [1.165, 1.54) is 18.6 Å². The highest BCUT2D eigenvalue weighted by Gasteiger charge is 2.31. The minimum atomic E-state index is -4.28. The Labute approximate surface area is 92.5 Å². The van der Waals surface area contributed by atoms with Crippen molar-refractivity contribution in [3.63, 3.8) is 0 Å². The van der Waals surface area contributed by atoms with E-state index in [1.807, 2.05) is 0 Å². The van der Waals surface area contributed by atoms with Gasteiger partial charge in [0.2, 0.25) is 0 Å². The average molecular weight is 229 g/mol. The molecule has 4 heteroatoms. The first kappa shape index (κ1) is 11.3. The minimum absolute atomic E-state index is 0.472. The van der Waals surface area contributed by atoms with Gasteiger partial charge in [-0.3, -0.25) is 0 Å². The highest BCUT2D eigenvalue weighted by molar-refractivity contribution is 5.49. The van der Waals surface area contributed by atoms with Crippen LogP contribution in [0.2, 0.25) is 0 Å². The van der Waals surface area contributed by atoms with Crippen LogP contribution < -0.4 is 5.73 Å². The summed E-state index contributed by atoms with van der Waals surface area (Å²) in [6.07, 6.45) is -0.202.